The van der Waals surface area contributed by atoms with Gasteiger partial charge in [-0.15, -0.1) is 0 Å². The van der Waals surface area contributed by atoms with E-state index < -0.39 is 5.92 Å². The van der Waals surface area contributed by atoms with Gasteiger partial charge in [0.05, 0.1) is 5.52 Å². The Morgan fingerprint density at radius 3 is 2.85 bits per heavy atom. The zero-order valence-electron chi connectivity index (χ0n) is 6.88. The summed E-state index contributed by atoms with van der Waals surface area (Å²) in [6.07, 6.45) is 1.51. The van der Waals surface area contributed by atoms with Crippen LogP contribution in [-0.2, 0) is 5.92 Å². The third-order valence-corrected chi connectivity index (χ3v) is 1.67. The predicted octanol–water partition coefficient (Wildman–Crippen LogP) is 2.07. The van der Waals surface area contributed by atoms with Gasteiger partial charge in [-0.05, 0) is 12.1 Å². The van der Waals surface area contributed by atoms with E-state index in [1.807, 2.05) is 0 Å². The van der Waals surface area contributed by atoms with E-state index in [2.05, 4.69) is 15.0 Å². The number of nitrogens with zero attached hydrogens (tertiary/aromatic N) is 2. The largest absolute Gasteiger partial charge is 0.336 e. The fraction of sp³-hybridized carbons (Fsp3) is 0.250. The minimum absolute atomic E-state index is 0.319. The van der Waals surface area contributed by atoms with Gasteiger partial charge < -0.3 is 4.98 Å². The molecule has 2 heterocycles. The van der Waals surface area contributed by atoms with Crippen molar-refractivity contribution in [2.24, 2.45) is 0 Å². The van der Waals surface area contributed by atoms with Crippen LogP contribution in [0.25, 0.3) is 11.2 Å². The zero-order valence-corrected chi connectivity index (χ0v) is 6.88. The summed E-state index contributed by atoms with van der Waals surface area (Å²) in [5, 5.41) is 0. The first-order chi connectivity index (χ1) is 6.07. The summed E-state index contributed by atoms with van der Waals surface area (Å²) in [5.74, 6) is -3.29. The number of H-pyrrole nitrogens is 1. The molecular weight excluding hydrogens is 176 g/mol. The Labute approximate surface area is 72.8 Å². The lowest BCUT2D eigenvalue weighted by atomic mass is 10.4. The lowest BCUT2D eigenvalue weighted by molar-refractivity contribution is 0.00888. The molecule has 13 heavy (non-hydrogen) atoms. The van der Waals surface area contributed by atoms with Gasteiger partial charge in [0, 0.05) is 13.1 Å². The molecule has 0 radical (unpaired) electrons. The number of hydrogen-bond acceptors (Lipinski definition) is 2. The van der Waals surface area contributed by atoms with Crippen LogP contribution in [0.5, 0.6) is 0 Å². The van der Waals surface area contributed by atoms with Crippen LogP contribution < -0.4 is 0 Å². The number of rotatable bonds is 1. The second-order valence-corrected chi connectivity index (χ2v) is 2.85. The highest BCUT2D eigenvalue weighted by atomic mass is 19.3. The van der Waals surface area contributed by atoms with E-state index in [4.69, 9.17) is 0 Å². The van der Waals surface area contributed by atoms with Gasteiger partial charge in [-0.3, -0.25) is 0 Å². The summed E-state index contributed by atoms with van der Waals surface area (Å²) in [7, 11) is 0. The molecule has 5 heteroatoms. The SMILES string of the molecule is CC(F)(F)c1nc2ncccc2[nH]1. The molecule has 0 saturated heterocycles. The first kappa shape index (κ1) is 8.10. The number of alkyl halides is 2. The standard InChI is InChI=1S/C8H7F2N3/c1-8(9,10)7-12-5-3-2-4-11-6(5)13-7/h2-4H,1H3,(H,11,12,13). The van der Waals surface area contributed by atoms with Gasteiger partial charge in [0.15, 0.2) is 11.5 Å². The molecule has 0 atom stereocenters. The van der Waals surface area contributed by atoms with Crippen molar-refractivity contribution in [1.82, 2.24) is 15.0 Å². The molecule has 2 aromatic heterocycles. The molecule has 0 spiro atoms. The summed E-state index contributed by atoms with van der Waals surface area (Å²) in [4.78, 5) is 10.0. The molecule has 0 amide bonds. The van der Waals surface area contributed by atoms with Crippen LogP contribution in [0.3, 0.4) is 0 Å². The number of imidazole rings is 1. The zero-order chi connectivity index (χ0) is 9.47. The fourth-order valence-corrected chi connectivity index (χ4v) is 1.05. The minimum atomic E-state index is -2.94. The van der Waals surface area contributed by atoms with E-state index in [0.717, 1.165) is 6.92 Å². The maximum absolute atomic E-state index is 12.8. The average molecular weight is 183 g/mol. The van der Waals surface area contributed by atoms with Crippen LogP contribution in [0.1, 0.15) is 12.7 Å². The highest BCUT2D eigenvalue weighted by Crippen LogP contribution is 2.25. The first-order valence-electron chi connectivity index (χ1n) is 3.76. The maximum Gasteiger partial charge on any atom is 0.302 e. The van der Waals surface area contributed by atoms with Crippen LogP contribution in [0.4, 0.5) is 8.78 Å². The summed E-state index contributed by atoms with van der Waals surface area (Å²) in [6, 6.07) is 3.32. The number of aromatic amines is 1. The topological polar surface area (TPSA) is 41.6 Å². The molecule has 1 N–H and O–H groups in total. The molecular formula is C8H7F2N3. The lowest BCUT2D eigenvalue weighted by Crippen LogP contribution is -2.08. The van der Waals surface area contributed by atoms with Crippen molar-refractivity contribution in [2.75, 3.05) is 0 Å². The molecule has 0 bridgehead atoms. The number of pyridine rings is 1. The fourth-order valence-electron chi connectivity index (χ4n) is 1.05. The second kappa shape index (κ2) is 2.48. The minimum Gasteiger partial charge on any atom is -0.336 e. The molecule has 0 unspecified atom stereocenters. The molecule has 2 rings (SSSR count). The Balaban J connectivity index is 2.63. The molecule has 68 valence electrons. The molecule has 2 aromatic rings. The first-order valence-corrected chi connectivity index (χ1v) is 3.76. The van der Waals surface area contributed by atoms with Gasteiger partial charge in [-0.25, -0.2) is 9.97 Å². The van der Waals surface area contributed by atoms with Crippen molar-refractivity contribution in [3.8, 4) is 0 Å². The second-order valence-electron chi connectivity index (χ2n) is 2.85. The van der Waals surface area contributed by atoms with Crippen LogP contribution in [0, 0.1) is 0 Å². The van der Waals surface area contributed by atoms with Crippen molar-refractivity contribution < 1.29 is 8.78 Å². The van der Waals surface area contributed by atoms with Crippen molar-refractivity contribution in [3.63, 3.8) is 0 Å². The Morgan fingerprint density at radius 1 is 1.46 bits per heavy atom. The maximum atomic E-state index is 12.8. The molecule has 3 nitrogen and oxygen atoms in total. The summed E-state index contributed by atoms with van der Waals surface area (Å²) >= 11 is 0. The molecule has 0 aromatic carbocycles. The van der Waals surface area contributed by atoms with E-state index in [9.17, 15) is 8.78 Å². The highest BCUT2D eigenvalue weighted by molar-refractivity contribution is 5.70. The van der Waals surface area contributed by atoms with Crippen LogP contribution >= 0.6 is 0 Å². The van der Waals surface area contributed by atoms with E-state index in [0.29, 0.717) is 11.2 Å². The smallest absolute Gasteiger partial charge is 0.302 e. The number of fused-ring (bicyclic) bond motifs is 1. The Bertz CT molecular complexity index is 397. The van der Waals surface area contributed by atoms with Gasteiger partial charge in [-0.2, -0.15) is 8.78 Å². The molecule has 0 aliphatic rings. The van der Waals surface area contributed by atoms with Gasteiger partial charge in [-0.1, -0.05) is 0 Å². The van der Waals surface area contributed by atoms with Gasteiger partial charge in [0.2, 0.25) is 0 Å². The monoisotopic (exact) mass is 183 g/mol. The summed E-state index contributed by atoms with van der Waals surface area (Å²) < 4.78 is 25.5. The van der Waals surface area contributed by atoms with Gasteiger partial charge >= 0.3 is 5.92 Å². The van der Waals surface area contributed by atoms with Gasteiger partial charge in [0.25, 0.3) is 0 Å². The summed E-state index contributed by atoms with van der Waals surface area (Å²) in [5.41, 5.74) is 0.845. The molecule has 0 aliphatic heterocycles. The summed E-state index contributed by atoms with van der Waals surface area (Å²) in [6.45, 7) is 0.796. The van der Waals surface area contributed by atoms with Crippen LogP contribution in [0.2, 0.25) is 0 Å². The quantitative estimate of drug-likeness (QED) is 0.735. The average Bonchev–Trinajstić information content (AvgIpc) is 2.45. The molecule has 0 saturated carbocycles. The van der Waals surface area contributed by atoms with Crippen molar-refractivity contribution in [1.29, 1.82) is 0 Å². The number of hydrogen-bond donors (Lipinski definition) is 1. The number of nitrogens with one attached hydrogen (secondary N) is 1. The normalized spacial score (nSPS) is 12.2. The van der Waals surface area contributed by atoms with Gasteiger partial charge in [0.1, 0.15) is 0 Å². The van der Waals surface area contributed by atoms with Crippen LogP contribution in [-0.4, -0.2) is 15.0 Å². The third kappa shape index (κ3) is 1.37. The number of aromatic nitrogens is 3. The Morgan fingerprint density at radius 2 is 2.23 bits per heavy atom. The Kier molecular flexibility index (Phi) is 1.55. The lowest BCUT2D eigenvalue weighted by Gasteiger charge is -2.03. The number of halogens is 2. The van der Waals surface area contributed by atoms with E-state index >= 15 is 0 Å². The van der Waals surface area contributed by atoms with E-state index in [1.54, 1.807) is 12.1 Å². The molecule has 0 fully saturated rings. The Hall–Kier alpha value is -1.52. The van der Waals surface area contributed by atoms with Crippen molar-refractivity contribution in [2.45, 2.75) is 12.8 Å². The predicted molar refractivity (Wildman–Crippen MR) is 43.5 cm³/mol. The highest BCUT2D eigenvalue weighted by Gasteiger charge is 2.28. The van der Waals surface area contributed by atoms with E-state index in [-0.39, 0.29) is 5.82 Å². The molecule has 0 aliphatic carbocycles. The van der Waals surface area contributed by atoms with Crippen molar-refractivity contribution >= 4 is 11.2 Å². The van der Waals surface area contributed by atoms with E-state index in [1.165, 1.54) is 6.20 Å². The van der Waals surface area contributed by atoms with Crippen molar-refractivity contribution in [3.05, 3.63) is 24.2 Å². The van der Waals surface area contributed by atoms with Crippen LogP contribution in [0.15, 0.2) is 18.3 Å². The third-order valence-electron chi connectivity index (χ3n) is 1.67.